The van der Waals surface area contributed by atoms with Gasteiger partial charge in [0.15, 0.2) is 5.78 Å². The summed E-state index contributed by atoms with van der Waals surface area (Å²) in [6.07, 6.45) is 1.17. The van der Waals surface area contributed by atoms with Gasteiger partial charge in [-0.25, -0.2) is 0 Å². The molecule has 3 fully saturated rings. The molecule has 0 amide bonds. The molecule has 3 saturated carbocycles. The van der Waals surface area contributed by atoms with Gasteiger partial charge in [0.05, 0.1) is 12.1 Å². The summed E-state index contributed by atoms with van der Waals surface area (Å²) in [6, 6.07) is 21.0. The Morgan fingerprint density at radius 2 is 1.44 bits per heavy atom. The number of hydrogen-bond acceptors (Lipinski definition) is 2. The van der Waals surface area contributed by atoms with Crippen molar-refractivity contribution < 1.29 is 4.79 Å². The van der Waals surface area contributed by atoms with E-state index in [4.69, 9.17) is 0 Å². The van der Waals surface area contributed by atoms with Gasteiger partial charge in [0.25, 0.3) is 0 Å². The summed E-state index contributed by atoms with van der Waals surface area (Å²) in [7, 11) is 0. The van der Waals surface area contributed by atoms with E-state index in [0.717, 1.165) is 0 Å². The van der Waals surface area contributed by atoms with Crippen molar-refractivity contribution in [2.45, 2.75) is 39.3 Å². The number of benzene rings is 2. The quantitative estimate of drug-likeness (QED) is 0.885. The molecule has 3 aliphatic rings. The van der Waals surface area contributed by atoms with E-state index in [1.807, 2.05) is 12.1 Å². The molecule has 5 rings (SSSR count). The number of carbonyl (C=O) groups excluding carboxylic acids is 1. The average Bonchev–Trinajstić information content (AvgIpc) is 2.63. The van der Waals surface area contributed by atoms with E-state index in [0.29, 0.717) is 17.6 Å². The minimum atomic E-state index is -0.0552. The first-order valence-corrected chi connectivity index (χ1v) is 9.40. The summed E-state index contributed by atoms with van der Waals surface area (Å²) in [6.45, 7) is 6.80. The fourth-order valence-corrected chi connectivity index (χ4v) is 5.14. The van der Waals surface area contributed by atoms with Crippen LogP contribution in [0.2, 0.25) is 0 Å². The van der Waals surface area contributed by atoms with E-state index < -0.39 is 0 Å². The lowest BCUT2D eigenvalue weighted by atomic mass is 9.44. The standard InChI is InChI=1S/C23H27NO/c1-15-18-14-19(23(18,2)3)21(22(15)25)24-20(16-10-6-4-7-11-16)17-12-8-5-9-13-17/h4-13,15,18-21,24H,14H2,1-3H3/t15-,18-,19+,21+/m1/s1. The topological polar surface area (TPSA) is 29.1 Å². The highest BCUT2D eigenvalue weighted by Crippen LogP contribution is 2.60. The van der Waals surface area contributed by atoms with Gasteiger partial charge in [-0.2, -0.15) is 0 Å². The van der Waals surface area contributed by atoms with Gasteiger partial charge in [-0.15, -0.1) is 0 Å². The Kier molecular flexibility index (Phi) is 4.04. The lowest BCUT2D eigenvalue weighted by Gasteiger charge is -2.62. The Morgan fingerprint density at radius 1 is 0.920 bits per heavy atom. The van der Waals surface area contributed by atoms with Crippen LogP contribution >= 0.6 is 0 Å². The highest BCUT2D eigenvalue weighted by atomic mass is 16.1. The molecule has 4 atom stereocenters. The first-order chi connectivity index (χ1) is 12.0. The number of Topliss-reactive ketones (excluding diaryl/α,β-unsaturated/α-hetero) is 1. The fraction of sp³-hybridized carbons (Fsp3) is 0.435. The predicted octanol–water partition coefficient (Wildman–Crippen LogP) is 4.62. The molecule has 2 aromatic carbocycles. The molecular weight excluding hydrogens is 306 g/mol. The molecule has 25 heavy (non-hydrogen) atoms. The lowest BCUT2D eigenvalue weighted by Crippen LogP contribution is -2.66. The van der Waals surface area contributed by atoms with E-state index in [9.17, 15) is 4.79 Å². The van der Waals surface area contributed by atoms with Crippen molar-refractivity contribution in [1.29, 1.82) is 0 Å². The minimum absolute atomic E-state index is 0.0523. The Labute approximate surface area is 150 Å². The minimum Gasteiger partial charge on any atom is -0.298 e. The lowest BCUT2D eigenvalue weighted by molar-refractivity contribution is -0.161. The maximum absolute atomic E-state index is 13.0. The van der Waals surface area contributed by atoms with Gasteiger partial charge < -0.3 is 0 Å². The molecule has 0 aliphatic heterocycles. The van der Waals surface area contributed by atoms with E-state index >= 15 is 0 Å². The number of carbonyl (C=O) groups is 1. The first-order valence-electron chi connectivity index (χ1n) is 9.40. The molecule has 0 heterocycles. The van der Waals surface area contributed by atoms with Gasteiger partial charge in [0, 0.05) is 5.92 Å². The maximum Gasteiger partial charge on any atom is 0.153 e. The van der Waals surface area contributed by atoms with Crippen LogP contribution in [0.3, 0.4) is 0 Å². The van der Waals surface area contributed by atoms with Crippen molar-refractivity contribution in [2.75, 3.05) is 0 Å². The molecule has 130 valence electrons. The summed E-state index contributed by atoms with van der Waals surface area (Å²) in [4.78, 5) is 13.0. The van der Waals surface area contributed by atoms with Crippen molar-refractivity contribution in [3.63, 3.8) is 0 Å². The number of nitrogens with one attached hydrogen (secondary N) is 1. The Morgan fingerprint density at radius 3 is 1.92 bits per heavy atom. The normalized spacial score (nSPS) is 30.2. The second kappa shape index (κ2) is 6.10. The number of ketones is 1. The van der Waals surface area contributed by atoms with Gasteiger partial charge in [0.2, 0.25) is 0 Å². The van der Waals surface area contributed by atoms with Crippen LogP contribution in [0.25, 0.3) is 0 Å². The molecule has 2 aromatic rings. The summed E-state index contributed by atoms with van der Waals surface area (Å²) in [5.74, 6) is 1.55. The Balaban J connectivity index is 1.68. The summed E-state index contributed by atoms with van der Waals surface area (Å²) in [5.41, 5.74) is 2.69. The van der Waals surface area contributed by atoms with Crippen molar-refractivity contribution >= 4 is 5.78 Å². The zero-order valence-electron chi connectivity index (χ0n) is 15.3. The molecule has 2 nitrogen and oxygen atoms in total. The van der Waals surface area contributed by atoms with Crippen molar-refractivity contribution in [2.24, 2.45) is 23.2 Å². The highest BCUT2D eigenvalue weighted by Gasteiger charge is 2.61. The average molecular weight is 333 g/mol. The van der Waals surface area contributed by atoms with Crippen LogP contribution in [0.15, 0.2) is 60.7 Å². The second-order valence-electron chi connectivity index (χ2n) is 8.36. The van der Waals surface area contributed by atoms with E-state index in [-0.39, 0.29) is 23.4 Å². The van der Waals surface area contributed by atoms with Gasteiger partial charge in [-0.1, -0.05) is 81.4 Å². The molecule has 0 spiro atoms. The van der Waals surface area contributed by atoms with Gasteiger partial charge in [-0.05, 0) is 34.8 Å². The van der Waals surface area contributed by atoms with Gasteiger partial charge in [0.1, 0.15) is 0 Å². The third kappa shape index (κ3) is 2.64. The van der Waals surface area contributed by atoms with Crippen molar-refractivity contribution in [3.05, 3.63) is 71.8 Å². The molecule has 2 heteroatoms. The molecule has 0 aromatic heterocycles. The SMILES string of the molecule is C[C@H]1C(=O)[C@@H](NC(c2ccccc2)c2ccccc2)[C@@H]2C[C@H]1C2(C)C. The molecule has 0 radical (unpaired) electrons. The highest BCUT2D eigenvalue weighted by molar-refractivity contribution is 5.89. The van der Waals surface area contributed by atoms with Crippen LogP contribution in [-0.4, -0.2) is 11.8 Å². The van der Waals surface area contributed by atoms with Crippen LogP contribution < -0.4 is 5.32 Å². The molecule has 2 bridgehead atoms. The predicted molar refractivity (Wildman–Crippen MR) is 101 cm³/mol. The third-order valence-corrected chi connectivity index (χ3v) is 6.79. The maximum atomic E-state index is 13.0. The summed E-state index contributed by atoms with van der Waals surface area (Å²) in [5, 5.41) is 3.76. The van der Waals surface area contributed by atoms with Crippen LogP contribution in [0.4, 0.5) is 0 Å². The molecule has 0 unspecified atom stereocenters. The largest absolute Gasteiger partial charge is 0.298 e. The van der Waals surface area contributed by atoms with Gasteiger partial charge >= 0.3 is 0 Å². The third-order valence-electron chi connectivity index (χ3n) is 6.79. The zero-order chi connectivity index (χ0) is 17.6. The number of fused-ring (bicyclic) bond motifs is 2. The fourth-order valence-electron chi connectivity index (χ4n) is 5.14. The molecule has 3 aliphatic carbocycles. The monoisotopic (exact) mass is 333 g/mol. The summed E-state index contributed by atoms with van der Waals surface area (Å²) < 4.78 is 0. The van der Waals surface area contributed by atoms with Crippen LogP contribution in [0.5, 0.6) is 0 Å². The number of rotatable bonds is 4. The second-order valence-corrected chi connectivity index (χ2v) is 8.36. The summed E-state index contributed by atoms with van der Waals surface area (Å²) >= 11 is 0. The Hall–Kier alpha value is -1.93. The van der Waals surface area contributed by atoms with Crippen molar-refractivity contribution in [1.82, 2.24) is 5.32 Å². The van der Waals surface area contributed by atoms with Crippen LogP contribution in [-0.2, 0) is 4.79 Å². The van der Waals surface area contributed by atoms with Crippen molar-refractivity contribution in [3.8, 4) is 0 Å². The zero-order valence-corrected chi connectivity index (χ0v) is 15.3. The first kappa shape index (κ1) is 16.5. The van der Waals surface area contributed by atoms with Gasteiger partial charge in [-0.3, -0.25) is 10.1 Å². The van der Waals surface area contributed by atoms with E-state index in [1.165, 1.54) is 17.5 Å². The molecular formula is C23H27NO. The van der Waals surface area contributed by atoms with Crippen LogP contribution in [0, 0.1) is 23.2 Å². The van der Waals surface area contributed by atoms with E-state index in [1.54, 1.807) is 0 Å². The van der Waals surface area contributed by atoms with E-state index in [2.05, 4.69) is 74.6 Å². The van der Waals surface area contributed by atoms with Crippen LogP contribution in [0.1, 0.15) is 44.4 Å². The molecule has 1 N–H and O–H groups in total. The number of hydrogen-bond donors (Lipinski definition) is 1. The Bertz CT molecular complexity index is 713. The molecule has 0 saturated heterocycles. The smallest absolute Gasteiger partial charge is 0.153 e.